The number of aromatic nitrogens is 5. The molecule has 8 nitrogen and oxygen atoms in total. The van der Waals surface area contributed by atoms with E-state index in [0.29, 0.717) is 11.4 Å². The van der Waals surface area contributed by atoms with E-state index in [-0.39, 0.29) is 25.2 Å². The number of aromatic amines is 1. The van der Waals surface area contributed by atoms with E-state index in [4.69, 9.17) is 4.52 Å². The molecule has 1 amide bonds. The minimum Gasteiger partial charge on any atom is -0.341 e. The molecular formula is C18H16F4N6O2. The van der Waals surface area contributed by atoms with Gasteiger partial charge in [0.2, 0.25) is 17.6 Å². The Kier molecular flexibility index (Phi) is 5.00. The van der Waals surface area contributed by atoms with E-state index >= 15 is 0 Å². The minimum absolute atomic E-state index is 0.00616. The topological polar surface area (TPSA) is 101 Å². The smallest absolute Gasteiger partial charge is 0.341 e. The maximum Gasteiger partial charge on any atom is 0.405 e. The lowest BCUT2D eigenvalue weighted by atomic mass is 9.86. The monoisotopic (exact) mass is 424 g/mol. The van der Waals surface area contributed by atoms with Gasteiger partial charge < -0.3 is 9.42 Å². The van der Waals surface area contributed by atoms with Crippen molar-refractivity contribution >= 4 is 5.91 Å². The van der Waals surface area contributed by atoms with Gasteiger partial charge in [0, 0.05) is 31.5 Å². The lowest BCUT2D eigenvalue weighted by Crippen LogP contribution is -2.46. The third-order valence-corrected chi connectivity index (χ3v) is 5.14. The number of alkyl halides is 3. The number of benzene rings is 1. The van der Waals surface area contributed by atoms with Crippen LogP contribution in [0, 0.1) is 5.82 Å². The van der Waals surface area contributed by atoms with Crippen molar-refractivity contribution in [3.8, 4) is 11.4 Å². The fourth-order valence-electron chi connectivity index (χ4n) is 3.42. The van der Waals surface area contributed by atoms with Crippen molar-refractivity contribution in [2.45, 2.75) is 30.9 Å². The lowest BCUT2D eigenvalue weighted by molar-refractivity contribution is -0.193. The molecule has 158 valence electrons. The van der Waals surface area contributed by atoms with Gasteiger partial charge in [-0.15, -0.1) is 0 Å². The van der Waals surface area contributed by atoms with Gasteiger partial charge in [0.1, 0.15) is 18.0 Å². The number of halogens is 4. The van der Waals surface area contributed by atoms with E-state index < -0.39 is 42.2 Å². The molecule has 0 radical (unpaired) electrons. The highest BCUT2D eigenvalue weighted by Crippen LogP contribution is 2.47. The molecule has 1 aromatic carbocycles. The lowest BCUT2D eigenvalue weighted by Gasteiger charge is -2.27. The normalized spacial score (nSPS) is 19.4. The number of carbonyl (C=O) groups excluding carboxylic acids is 1. The van der Waals surface area contributed by atoms with Crippen LogP contribution in [0.4, 0.5) is 17.6 Å². The third kappa shape index (κ3) is 3.64. The van der Waals surface area contributed by atoms with Crippen LogP contribution in [0.2, 0.25) is 0 Å². The number of nitrogens with one attached hydrogen (secondary N) is 1. The van der Waals surface area contributed by atoms with Crippen molar-refractivity contribution < 1.29 is 26.9 Å². The third-order valence-electron chi connectivity index (χ3n) is 5.14. The Hall–Kier alpha value is -3.31. The van der Waals surface area contributed by atoms with Gasteiger partial charge in [-0.2, -0.15) is 23.3 Å². The molecule has 1 aliphatic rings. The van der Waals surface area contributed by atoms with Crippen LogP contribution in [-0.4, -0.2) is 55.4 Å². The van der Waals surface area contributed by atoms with Crippen LogP contribution in [0.15, 0.2) is 35.1 Å². The van der Waals surface area contributed by atoms with Gasteiger partial charge in [0.15, 0.2) is 5.41 Å². The summed E-state index contributed by atoms with van der Waals surface area (Å²) in [5.74, 6) is -1.14. The molecule has 3 aromatic rings. The van der Waals surface area contributed by atoms with Gasteiger partial charge in [-0.3, -0.25) is 9.89 Å². The number of H-pyrrole nitrogens is 1. The molecule has 0 bridgehead atoms. The number of hydrogen-bond acceptors (Lipinski definition) is 6. The van der Waals surface area contributed by atoms with Crippen molar-refractivity contribution in [2.24, 2.45) is 0 Å². The molecule has 0 aliphatic carbocycles. The van der Waals surface area contributed by atoms with E-state index in [1.165, 1.54) is 18.5 Å². The predicted molar refractivity (Wildman–Crippen MR) is 93.3 cm³/mol. The highest BCUT2D eigenvalue weighted by molar-refractivity contribution is 5.77. The number of aryl methyl sites for hydroxylation is 1. The number of hydrogen-bond donors (Lipinski definition) is 1. The molecule has 3 heterocycles. The van der Waals surface area contributed by atoms with Gasteiger partial charge in [-0.1, -0.05) is 5.16 Å². The summed E-state index contributed by atoms with van der Waals surface area (Å²) < 4.78 is 60.3. The van der Waals surface area contributed by atoms with Gasteiger partial charge in [0.05, 0.1) is 0 Å². The average Bonchev–Trinajstić information content (AvgIpc) is 3.46. The van der Waals surface area contributed by atoms with Crippen LogP contribution >= 0.6 is 0 Å². The van der Waals surface area contributed by atoms with Crippen molar-refractivity contribution in [3.63, 3.8) is 0 Å². The highest BCUT2D eigenvalue weighted by atomic mass is 19.4. The highest BCUT2D eigenvalue weighted by Gasteiger charge is 2.63. The van der Waals surface area contributed by atoms with Crippen molar-refractivity contribution in [1.29, 1.82) is 0 Å². The first-order chi connectivity index (χ1) is 14.3. The number of rotatable bonds is 5. The second-order valence-corrected chi connectivity index (χ2v) is 7.01. The summed E-state index contributed by atoms with van der Waals surface area (Å²) in [5.41, 5.74) is -2.14. The molecule has 4 rings (SSSR count). The van der Waals surface area contributed by atoms with E-state index in [1.807, 2.05) is 0 Å². The molecule has 1 N–H and O–H groups in total. The molecule has 1 saturated heterocycles. The van der Waals surface area contributed by atoms with Crippen molar-refractivity contribution in [3.05, 3.63) is 48.1 Å². The van der Waals surface area contributed by atoms with E-state index in [2.05, 4.69) is 25.3 Å². The summed E-state index contributed by atoms with van der Waals surface area (Å²) in [6, 6.07) is 4.99. The van der Waals surface area contributed by atoms with E-state index in [0.717, 1.165) is 17.0 Å². The summed E-state index contributed by atoms with van der Waals surface area (Å²) >= 11 is 0. The molecule has 30 heavy (non-hydrogen) atoms. The molecule has 0 spiro atoms. The first-order valence-corrected chi connectivity index (χ1v) is 9.07. The SMILES string of the molecule is O=C(CCc1ncn[nH]1)N1CCC(c2nc(-c3ccc(F)cc3)no2)(C(F)(F)F)C1. The Morgan fingerprint density at radius 3 is 2.70 bits per heavy atom. The van der Waals surface area contributed by atoms with E-state index in [1.54, 1.807) is 0 Å². The Bertz CT molecular complexity index is 1020. The molecule has 1 fully saturated rings. The van der Waals surface area contributed by atoms with Crippen LogP contribution in [0.3, 0.4) is 0 Å². The van der Waals surface area contributed by atoms with Gasteiger partial charge in [0.25, 0.3) is 0 Å². The van der Waals surface area contributed by atoms with Gasteiger partial charge >= 0.3 is 6.18 Å². The minimum atomic E-state index is -4.71. The molecule has 2 aromatic heterocycles. The molecule has 1 atom stereocenters. The molecule has 1 unspecified atom stereocenters. The number of amides is 1. The van der Waals surface area contributed by atoms with Gasteiger partial charge in [-0.05, 0) is 30.7 Å². The zero-order valence-corrected chi connectivity index (χ0v) is 15.5. The largest absolute Gasteiger partial charge is 0.405 e. The molecule has 12 heteroatoms. The first kappa shape index (κ1) is 20.0. The van der Waals surface area contributed by atoms with Crippen molar-refractivity contribution in [1.82, 2.24) is 30.2 Å². The van der Waals surface area contributed by atoms with Gasteiger partial charge in [-0.25, -0.2) is 9.37 Å². The van der Waals surface area contributed by atoms with Crippen LogP contribution in [0.1, 0.15) is 24.6 Å². The molecule has 0 saturated carbocycles. The van der Waals surface area contributed by atoms with Crippen LogP contribution < -0.4 is 0 Å². The first-order valence-electron chi connectivity index (χ1n) is 9.07. The van der Waals surface area contributed by atoms with Crippen molar-refractivity contribution in [2.75, 3.05) is 13.1 Å². The zero-order chi connectivity index (χ0) is 21.4. The zero-order valence-electron chi connectivity index (χ0n) is 15.5. The predicted octanol–water partition coefficient (Wildman–Crippen LogP) is 2.66. The molecular weight excluding hydrogens is 408 g/mol. The fraction of sp³-hybridized carbons (Fsp3) is 0.389. The Morgan fingerprint density at radius 1 is 1.27 bits per heavy atom. The fourth-order valence-corrected chi connectivity index (χ4v) is 3.42. The summed E-state index contributed by atoms with van der Waals surface area (Å²) in [7, 11) is 0. The Balaban J connectivity index is 1.54. The summed E-state index contributed by atoms with van der Waals surface area (Å²) in [6.45, 7) is -0.709. The quantitative estimate of drug-likeness (QED) is 0.632. The van der Waals surface area contributed by atoms with Crippen LogP contribution in [0.5, 0.6) is 0 Å². The van der Waals surface area contributed by atoms with Crippen LogP contribution in [0.25, 0.3) is 11.4 Å². The Labute approximate surface area is 167 Å². The summed E-state index contributed by atoms with van der Waals surface area (Å²) in [6.07, 6.45) is -3.58. The number of likely N-dealkylation sites (tertiary alicyclic amines) is 1. The summed E-state index contributed by atoms with van der Waals surface area (Å²) in [5, 5.41) is 9.90. The standard InChI is InChI=1S/C18H16F4N6O2/c19-12-3-1-11(2-4-12)15-25-16(30-27-15)17(18(20,21)22)7-8-28(9-17)14(29)6-5-13-23-10-24-26-13/h1-4,10H,5-9H2,(H,23,24,26). The maximum atomic E-state index is 14.1. The summed E-state index contributed by atoms with van der Waals surface area (Å²) in [4.78, 5) is 21.4. The Morgan fingerprint density at radius 2 is 2.03 bits per heavy atom. The second-order valence-electron chi connectivity index (χ2n) is 7.01. The molecule has 1 aliphatic heterocycles. The van der Waals surface area contributed by atoms with E-state index in [9.17, 15) is 22.4 Å². The second kappa shape index (κ2) is 7.50. The average molecular weight is 424 g/mol. The van der Waals surface area contributed by atoms with Crippen LogP contribution in [-0.2, 0) is 16.6 Å². The maximum absolute atomic E-state index is 14.1. The number of nitrogens with zero attached hydrogens (tertiary/aromatic N) is 5. The number of carbonyl (C=O) groups is 1.